The number of rotatable bonds is 5. The topological polar surface area (TPSA) is 74.7 Å². The largest absolute Gasteiger partial charge is 0.480 e. The average Bonchev–Trinajstić information content (AvgIpc) is 3.15. The molecule has 1 aliphatic heterocycles. The first kappa shape index (κ1) is 18.4. The van der Waals surface area contributed by atoms with Crippen LogP contribution in [0.4, 0.5) is 0 Å². The van der Waals surface area contributed by atoms with E-state index in [1.807, 2.05) is 12.1 Å². The minimum atomic E-state index is -3.80. The number of benzene rings is 1. The van der Waals surface area contributed by atoms with E-state index in [0.29, 0.717) is 6.42 Å². The molecule has 6 heteroatoms. The van der Waals surface area contributed by atoms with Crippen LogP contribution in [0.1, 0.15) is 58.4 Å². The molecule has 138 valence electrons. The van der Waals surface area contributed by atoms with Gasteiger partial charge in [-0.05, 0) is 54.7 Å². The third-order valence-electron chi connectivity index (χ3n) is 6.16. The van der Waals surface area contributed by atoms with E-state index in [2.05, 4.69) is 20.8 Å². The quantitative estimate of drug-likeness (QED) is 0.868. The number of aliphatic carboxylic acids is 1. The fraction of sp³-hybridized carbons (Fsp3) is 0.632. The van der Waals surface area contributed by atoms with Crippen molar-refractivity contribution in [2.75, 3.05) is 0 Å². The zero-order chi connectivity index (χ0) is 18.4. The molecule has 1 saturated carbocycles. The number of fused-ring (bicyclic) bond motifs is 1. The molecule has 0 radical (unpaired) electrons. The van der Waals surface area contributed by atoms with Gasteiger partial charge < -0.3 is 5.11 Å². The molecule has 0 bridgehead atoms. The molecular weight excluding hydrogens is 338 g/mol. The summed E-state index contributed by atoms with van der Waals surface area (Å²) in [5.41, 5.74) is 1.07. The van der Waals surface area contributed by atoms with E-state index < -0.39 is 22.0 Å². The Balaban J connectivity index is 1.96. The van der Waals surface area contributed by atoms with Crippen molar-refractivity contribution in [2.24, 2.45) is 5.92 Å². The van der Waals surface area contributed by atoms with Gasteiger partial charge in [-0.2, -0.15) is 4.31 Å². The van der Waals surface area contributed by atoms with Crippen LogP contribution < -0.4 is 0 Å². The van der Waals surface area contributed by atoms with Gasteiger partial charge in [-0.3, -0.25) is 4.79 Å². The van der Waals surface area contributed by atoms with E-state index in [9.17, 15) is 18.3 Å². The predicted molar refractivity (Wildman–Crippen MR) is 96.0 cm³/mol. The van der Waals surface area contributed by atoms with Gasteiger partial charge in [-0.15, -0.1) is 0 Å². The Kier molecular flexibility index (Phi) is 4.71. The maximum atomic E-state index is 13.2. The van der Waals surface area contributed by atoms with Gasteiger partial charge in [0.1, 0.15) is 6.04 Å². The van der Waals surface area contributed by atoms with Crippen molar-refractivity contribution in [3.05, 3.63) is 29.8 Å². The van der Waals surface area contributed by atoms with E-state index in [-0.39, 0.29) is 22.3 Å². The van der Waals surface area contributed by atoms with Crippen LogP contribution in [-0.2, 0) is 20.2 Å². The number of hydrogen-bond acceptors (Lipinski definition) is 3. The van der Waals surface area contributed by atoms with Gasteiger partial charge in [-0.25, -0.2) is 8.42 Å². The Morgan fingerprint density at radius 3 is 2.44 bits per heavy atom. The predicted octanol–water partition coefficient (Wildman–Crippen LogP) is 3.39. The van der Waals surface area contributed by atoms with Crippen LogP contribution in [0.3, 0.4) is 0 Å². The van der Waals surface area contributed by atoms with Gasteiger partial charge >= 0.3 is 5.97 Å². The highest BCUT2D eigenvalue weighted by Crippen LogP contribution is 2.44. The fourth-order valence-corrected chi connectivity index (χ4v) is 6.08. The molecule has 2 fully saturated rings. The Labute approximate surface area is 150 Å². The van der Waals surface area contributed by atoms with Crippen LogP contribution in [0, 0.1) is 5.92 Å². The monoisotopic (exact) mass is 365 g/mol. The van der Waals surface area contributed by atoms with Gasteiger partial charge in [0.25, 0.3) is 0 Å². The number of nitrogens with zero attached hydrogens (tertiary/aromatic N) is 1. The molecule has 1 aromatic rings. The summed E-state index contributed by atoms with van der Waals surface area (Å²) in [6, 6.07) is 5.86. The molecule has 1 heterocycles. The lowest BCUT2D eigenvalue weighted by atomic mass is 9.82. The number of carbonyl (C=O) groups is 1. The molecule has 1 N–H and O–H groups in total. The van der Waals surface area contributed by atoms with Gasteiger partial charge in [0.2, 0.25) is 10.0 Å². The fourth-order valence-electron chi connectivity index (χ4n) is 4.21. The summed E-state index contributed by atoms with van der Waals surface area (Å²) in [5.74, 6) is -0.865. The molecule has 3 rings (SSSR count). The van der Waals surface area contributed by atoms with Crippen molar-refractivity contribution in [3.8, 4) is 0 Å². The molecule has 0 spiro atoms. The highest BCUT2D eigenvalue weighted by atomic mass is 32.2. The normalized spacial score (nSPS) is 27.4. The first-order valence-corrected chi connectivity index (χ1v) is 10.5. The smallest absolute Gasteiger partial charge is 0.322 e. The molecule has 2 aliphatic rings. The minimum absolute atomic E-state index is 0.0178. The molecule has 0 amide bonds. The molecule has 0 aromatic heterocycles. The van der Waals surface area contributed by atoms with Crippen molar-refractivity contribution >= 4 is 16.0 Å². The first-order valence-electron chi connectivity index (χ1n) is 9.05. The Morgan fingerprint density at radius 2 is 1.88 bits per heavy atom. The second-order valence-corrected chi connectivity index (χ2v) is 9.79. The van der Waals surface area contributed by atoms with Crippen LogP contribution in [-0.4, -0.2) is 35.9 Å². The number of carboxylic acids is 1. The van der Waals surface area contributed by atoms with Crippen LogP contribution in [0.5, 0.6) is 0 Å². The van der Waals surface area contributed by atoms with Gasteiger partial charge in [0, 0.05) is 6.04 Å². The summed E-state index contributed by atoms with van der Waals surface area (Å²) in [6.07, 6.45) is 4.03. The van der Waals surface area contributed by atoms with Crippen LogP contribution in [0.25, 0.3) is 0 Å². The molecule has 3 atom stereocenters. The third-order valence-corrected chi connectivity index (χ3v) is 8.11. The van der Waals surface area contributed by atoms with E-state index >= 15 is 0 Å². The van der Waals surface area contributed by atoms with Gasteiger partial charge in [0.15, 0.2) is 0 Å². The van der Waals surface area contributed by atoms with Crippen molar-refractivity contribution in [1.82, 2.24) is 4.31 Å². The Bertz CT molecular complexity index is 754. The maximum absolute atomic E-state index is 13.2. The first-order chi connectivity index (χ1) is 11.7. The standard InChI is InChI=1S/C19H27NO4S/c1-4-19(2,3)14-8-10-15(11-9-14)25(23,24)20-16-7-5-6-13(16)12-17(20)18(21)22/h8-11,13,16-17H,4-7,12H2,1-3H3,(H,21,22)/t13-,16-,17-/m1/s1. The minimum Gasteiger partial charge on any atom is -0.480 e. The number of sulfonamides is 1. The van der Waals surface area contributed by atoms with E-state index in [4.69, 9.17) is 0 Å². The van der Waals surface area contributed by atoms with Crippen LogP contribution >= 0.6 is 0 Å². The summed E-state index contributed by atoms with van der Waals surface area (Å²) in [7, 11) is -3.80. The molecule has 1 aromatic carbocycles. The van der Waals surface area contributed by atoms with E-state index in [0.717, 1.165) is 31.2 Å². The summed E-state index contributed by atoms with van der Waals surface area (Å²) in [4.78, 5) is 11.8. The molecule has 5 nitrogen and oxygen atoms in total. The lowest BCUT2D eigenvalue weighted by Gasteiger charge is -2.27. The lowest BCUT2D eigenvalue weighted by molar-refractivity contribution is -0.141. The lowest BCUT2D eigenvalue weighted by Crippen LogP contribution is -2.44. The second kappa shape index (κ2) is 6.40. The number of carboxylic acid groups (broad SMARTS) is 1. The molecular formula is C19H27NO4S. The average molecular weight is 365 g/mol. The van der Waals surface area contributed by atoms with Crippen molar-refractivity contribution in [3.63, 3.8) is 0 Å². The van der Waals surface area contributed by atoms with Gasteiger partial charge in [0.05, 0.1) is 4.90 Å². The van der Waals surface area contributed by atoms with E-state index in [1.54, 1.807) is 12.1 Å². The zero-order valence-corrected chi connectivity index (χ0v) is 15.9. The highest BCUT2D eigenvalue weighted by Gasteiger charge is 2.52. The Hall–Kier alpha value is -1.40. The summed E-state index contributed by atoms with van der Waals surface area (Å²) in [6.45, 7) is 6.35. The molecule has 25 heavy (non-hydrogen) atoms. The summed E-state index contributed by atoms with van der Waals surface area (Å²) < 4.78 is 27.7. The highest BCUT2D eigenvalue weighted by molar-refractivity contribution is 7.89. The maximum Gasteiger partial charge on any atom is 0.322 e. The zero-order valence-electron chi connectivity index (χ0n) is 15.1. The van der Waals surface area contributed by atoms with Crippen molar-refractivity contribution in [2.45, 2.75) is 75.3 Å². The van der Waals surface area contributed by atoms with Gasteiger partial charge in [-0.1, -0.05) is 39.3 Å². The molecule has 1 saturated heterocycles. The van der Waals surface area contributed by atoms with Crippen molar-refractivity contribution in [1.29, 1.82) is 0 Å². The summed E-state index contributed by atoms with van der Waals surface area (Å²) in [5, 5.41) is 9.53. The number of hydrogen-bond donors (Lipinski definition) is 1. The molecule has 0 unspecified atom stereocenters. The van der Waals surface area contributed by atoms with Crippen LogP contribution in [0.15, 0.2) is 29.2 Å². The third kappa shape index (κ3) is 3.10. The summed E-state index contributed by atoms with van der Waals surface area (Å²) >= 11 is 0. The SMILES string of the molecule is CCC(C)(C)c1ccc(S(=O)(=O)N2[C@@H](C(=O)O)C[C@H]3CCC[C@H]32)cc1. The molecule has 1 aliphatic carbocycles. The van der Waals surface area contributed by atoms with Crippen molar-refractivity contribution < 1.29 is 18.3 Å². The second-order valence-electron chi connectivity index (χ2n) is 7.94. The van der Waals surface area contributed by atoms with Crippen LogP contribution in [0.2, 0.25) is 0 Å². The van der Waals surface area contributed by atoms with E-state index in [1.165, 1.54) is 4.31 Å². The Morgan fingerprint density at radius 1 is 1.24 bits per heavy atom.